The minimum atomic E-state index is -0.0239. The molecule has 0 radical (unpaired) electrons. The molecule has 0 aliphatic heterocycles. The van der Waals surface area contributed by atoms with Crippen LogP contribution in [0, 0.1) is 18.5 Å². The number of ether oxygens (including phenoxy) is 1. The van der Waals surface area contributed by atoms with Crippen molar-refractivity contribution in [2.75, 3.05) is 0 Å². The number of fused-ring (bicyclic) bond motifs is 3. The van der Waals surface area contributed by atoms with Crippen LogP contribution in [0.3, 0.4) is 0 Å². The fourth-order valence-corrected chi connectivity index (χ4v) is 6.57. The molecule has 0 amide bonds. The molecule has 0 saturated heterocycles. The first kappa shape index (κ1) is 39.2. The van der Waals surface area contributed by atoms with Crippen molar-refractivity contribution >= 4 is 21.8 Å². The summed E-state index contributed by atoms with van der Waals surface area (Å²) in [6, 6.07) is 29.0. The molecule has 0 aliphatic carbocycles. The molecule has 0 aliphatic rings. The van der Waals surface area contributed by atoms with Crippen molar-refractivity contribution in [1.29, 1.82) is 0 Å². The topological polar surface area (TPSA) is 48.8 Å². The van der Waals surface area contributed by atoms with Crippen LogP contribution < -0.4 is 9.30 Å². The van der Waals surface area contributed by atoms with E-state index in [4.69, 9.17) is 9.72 Å². The summed E-state index contributed by atoms with van der Waals surface area (Å²) in [5, 5.41) is 2.25. The summed E-state index contributed by atoms with van der Waals surface area (Å²) in [4.78, 5) is 9.38. The quantitative estimate of drug-likeness (QED) is 0.128. The number of hydrogen-bond donors (Lipinski definition) is 0. The Hall–Kier alpha value is -4.54. The van der Waals surface area contributed by atoms with Crippen molar-refractivity contribution in [3.8, 4) is 28.7 Å². The smallest absolute Gasteiger partial charge is 0.267 e. The first-order valence-corrected chi connectivity index (χ1v) is 18.5. The van der Waals surface area contributed by atoms with Gasteiger partial charge in [0.1, 0.15) is 5.82 Å². The second-order valence-corrected chi connectivity index (χ2v) is 18.3. The van der Waals surface area contributed by atoms with Crippen molar-refractivity contribution in [3.63, 3.8) is 0 Å². The molecule has 4 aromatic heterocycles. The number of aromatic nitrogens is 5. The molecule has 6 nitrogen and oxygen atoms in total. The van der Waals surface area contributed by atoms with Gasteiger partial charge in [-0.1, -0.05) is 113 Å². The van der Waals surface area contributed by atoms with E-state index in [1.54, 1.807) is 12.4 Å². The number of nitrogens with zero attached hydrogens (tertiary/aromatic N) is 5. The summed E-state index contributed by atoms with van der Waals surface area (Å²) >= 11 is 0. The molecule has 0 unspecified atom stereocenters. The van der Waals surface area contributed by atoms with Crippen molar-refractivity contribution in [1.82, 2.24) is 19.1 Å². The number of imidazole rings is 1. The van der Waals surface area contributed by atoms with Gasteiger partial charge in [-0.2, -0.15) is 6.07 Å². The van der Waals surface area contributed by atoms with Crippen LogP contribution in [0.1, 0.15) is 105 Å². The zero-order valence-electron chi connectivity index (χ0n) is 33.6. The number of pyridine rings is 2. The summed E-state index contributed by atoms with van der Waals surface area (Å²) in [7, 11) is 0. The first-order chi connectivity index (χ1) is 24.8. The Morgan fingerprint density at radius 2 is 1.28 bits per heavy atom. The van der Waals surface area contributed by atoms with Crippen LogP contribution in [-0.4, -0.2) is 19.1 Å². The molecule has 0 fully saturated rings. The predicted molar refractivity (Wildman–Crippen MR) is 215 cm³/mol. The van der Waals surface area contributed by atoms with Gasteiger partial charge < -0.3 is 18.9 Å². The van der Waals surface area contributed by atoms with E-state index < -0.39 is 0 Å². The Bertz CT molecular complexity index is 2450. The van der Waals surface area contributed by atoms with E-state index in [1.807, 2.05) is 33.8 Å². The third-order valence-electron chi connectivity index (χ3n) is 9.98. The van der Waals surface area contributed by atoms with Crippen LogP contribution in [0.25, 0.3) is 39.0 Å². The van der Waals surface area contributed by atoms with Gasteiger partial charge in [-0.25, -0.2) is 4.98 Å². The molecular formula is C47H51N5OPt-2. The van der Waals surface area contributed by atoms with Crippen LogP contribution in [0.5, 0.6) is 11.5 Å². The van der Waals surface area contributed by atoms with E-state index in [1.165, 1.54) is 22.3 Å². The SMILES string of the molecule is CC(C)(C)c1cc(-[n+]2[c-]n(-c3[c-]c(Oc4[c-]c5c(cc4)c4cc(C(C)(C)C)ccc4n5-c4cc(C(C)(C)C)ccn4)cnc3)cc2)cc(C(C)(C)C)c1.[Pt]. The molecule has 7 aromatic rings. The molecule has 7 heteroatoms. The molecule has 282 valence electrons. The largest absolute Gasteiger partial charge is 0.508 e. The maximum Gasteiger partial charge on any atom is 0.267 e. The van der Waals surface area contributed by atoms with Crippen molar-refractivity contribution < 1.29 is 30.4 Å². The summed E-state index contributed by atoms with van der Waals surface area (Å²) in [5.74, 6) is 1.91. The van der Waals surface area contributed by atoms with Crippen molar-refractivity contribution in [2.45, 2.75) is 105 Å². The summed E-state index contributed by atoms with van der Waals surface area (Å²) in [6.07, 6.45) is 12.8. The average Bonchev–Trinajstić information content (AvgIpc) is 3.70. The molecule has 3 aromatic carbocycles. The Morgan fingerprint density at radius 3 is 1.93 bits per heavy atom. The van der Waals surface area contributed by atoms with Crippen LogP contribution >= 0.6 is 0 Å². The van der Waals surface area contributed by atoms with Gasteiger partial charge in [0.2, 0.25) is 0 Å². The van der Waals surface area contributed by atoms with E-state index in [0.717, 1.165) is 39.0 Å². The van der Waals surface area contributed by atoms with Gasteiger partial charge in [-0.15, -0.1) is 23.6 Å². The summed E-state index contributed by atoms with van der Waals surface area (Å²) in [5.41, 5.74) is 8.85. The molecule has 0 atom stereocenters. The summed E-state index contributed by atoms with van der Waals surface area (Å²) < 4.78 is 12.6. The molecule has 7 rings (SSSR count). The third kappa shape index (κ3) is 7.82. The first-order valence-electron chi connectivity index (χ1n) is 18.5. The van der Waals surface area contributed by atoms with Crippen LogP contribution in [0.15, 0.2) is 91.6 Å². The molecule has 54 heavy (non-hydrogen) atoms. The second-order valence-electron chi connectivity index (χ2n) is 18.3. The Morgan fingerprint density at radius 1 is 0.630 bits per heavy atom. The fourth-order valence-electron chi connectivity index (χ4n) is 6.57. The van der Waals surface area contributed by atoms with Gasteiger partial charge in [0.15, 0.2) is 0 Å². The molecular weight excluding hydrogens is 846 g/mol. The third-order valence-corrected chi connectivity index (χ3v) is 9.98. The number of benzene rings is 3. The van der Waals surface area contributed by atoms with Crippen LogP contribution in [0.4, 0.5) is 0 Å². The van der Waals surface area contributed by atoms with Gasteiger partial charge in [0.25, 0.3) is 6.33 Å². The zero-order chi connectivity index (χ0) is 38.1. The van der Waals surface area contributed by atoms with Gasteiger partial charge in [0, 0.05) is 56.7 Å². The average molecular weight is 897 g/mol. The normalized spacial score (nSPS) is 12.7. The summed E-state index contributed by atoms with van der Waals surface area (Å²) in [6.45, 7) is 26.9. The molecule has 0 bridgehead atoms. The molecule has 0 N–H and O–H groups in total. The van der Waals surface area contributed by atoms with E-state index in [9.17, 15) is 0 Å². The fraction of sp³-hybridized carbons (Fsp3) is 0.340. The molecule has 4 heterocycles. The van der Waals surface area contributed by atoms with E-state index in [0.29, 0.717) is 11.5 Å². The maximum atomic E-state index is 6.45. The van der Waals surface area contributed by atoms with Gasteiger partial charge >= 0.3 is 0 Å². The Kier molecular flexibility index (Phi) is 10.1. The molecule has 0 saturated carbocycles. The Labute approximate surface area is 335 Å². The van der Waals surface area contributed by atoms with Gasteiger partial charge in [-0.05, 0) is 91.5 Å². The number of hydrogen-bond acceptors (Lipinski definition) is 3. The minimum absolute atomic E-state index is 0. The standard InChI is InChI=1S/C47H51N5O.Pt/c1-44(2,3)31-13-16-41-40(24-31)39-15-14-37(27-42(39)52(41)43-25-32(17-18-49-43)45(4,5)6)53-38-26-36(28-48-29-38)51-20-19-50(30-51)35-22-33(46(7,8)9)21-34(23-35)47(10,11)12;/h13-25,28-29H,1-12H3;/q-2;. The monoisotopic (exact) mass is 896 g/mol. The predicted octanol–water partition coefficient (Wildman–Crippen LogP) is 11.0. The molecule has 0 spiro atoms. The van der Waals surface area contributed by atoms with Crippen molar-refractivity contribution in [3.05, 3.63) is 132 Å². The van der Waals surface area contributed by atoms with Crippen molar-refractivity contribution in [2.24, 2.45) is 0 Å². The Balaban J connectivity index is 0.00000497. The van der Waals surface area contributed by atoms with E-state index in [2.05, 4.69) is 166 Å². The minimum Gasteiger partial charge on any atom is -0.508 e. The number of rotatable bonds is 5. The van der Waals surface area contributed by atoms with Gasteiger partial charge in [-0.3, -0.25) is 4.57 Å². The van der Waals surface area contributed by atoms with Crippen LogP contribution in [-0.2, 0) is 42.7 Å². The van der Waals surface area contributed by atoms with E-state index in [-0.39, 0.29) is 42.7 Å². The zero-order valence-corrected chi connectivity index (χ0v) is 35.9. The van der Waals surface area contributed by atoms with E-state index >= 15 is 0 Å². The maximum absolute atomic E-state index is 6.45. The van der Waals surface area contributed by atoms with Crippen LogP contribution in [0.2, 0.25) is 0 Å². The van der Waals surface area contributed by atoms with Gasteiger partial charge in [0.05, 0.1) is 5.69 Å². The second kappa shape index (κ2) is 13.9.